The Kier molecular flexibility index (Phi) is 5.93. The molecule has 2 rings (SSSR count). The second kappa shape index (κ2) is 7.31. The van der Waals surface area contributed by atoms with Gasteiger partial charge >= 0.3 is 0 Å². The maximum atomic E-state index is 12.1. The molecule has 0 bridgehead atoms. The fraction of sp³-hybridized carbons (Fsp3) is 0.400. The van der Waals surface area contributed by atoms with Gasteiger partial charge < -0.3 is 9.84 Å². The van der Waals surface area contributed by atoms with Crippen LogP contribution in [0, 0.1) is 10.1 Å². The first kappa shape index (κ1) is 20.3. The molecule has 1 aliphatic heterocycles. The highest BCUT2D eigenvalue weighted by Crippen LogP contribution is 2.49. The third kappa shape index (κ3) is 4.05. The fourth-order valence-corrected chi connectivity index (χ4v) is 3.85. The number of aliphatic hydroxyl groups is 1. The number of carbonyl (C=O) groups excluding carboxylic acids is 1. The van der Waals surface area contributed by atoms with Gasteiger partial charge in [-0.2, -0.15) is 0 Å². The Bertz CT molecular complexity index is 758. The van der Waals surface area contributed by atoms with E-state index in [1.54, 1.807) is 18.2 Å². The Morgan fingerprint density at radius 3 is 2.40 bits per heavy atom. The smallest absolute Gasteiger partial charge is 0.264 e. The first-order valence-corrected chi connectivity index (χ1v) is 8.94. The molecule has 0 radical (unpaired) electrons. The van der Waals surface area contributed by atoms with E-state index in [2.05, 4.69) is 15.9 Å². The molecule has 1 aromatic rings. The molecule has 6 nitrogen and oxygen atoms in total. The molecule has 10 heteroatoms. The molecule has 0 fully saturated rings. The van der Waals surface area contributed by atoms with Crippen LogP contribution in [0.2, 0.25) is 0 Å². The second-order valence-electron chi connectivity index (χ2n) is 5.57. The van der Waals surface area contributed by atoms with Gasteiger partial charge in [-0.3, -0.25) is 14.9 Å². The average Bonchev–Trinajstić information content (AvgIpc) is 2.44. The highest BCUT2D eigenvalue weighted by Gasteiger charge is 2.57. The largest absolute Gasteiger partial charge is 0.512 e. The summed E-state index contributed by atoms with van der Waals surface area (Å²) in [4.78, 5) is 23.2. The van der Waals surface area contributed by atoms with Crippen molar-refractivity contribution in [2.24, 2.45) is 0 Å². The number of nitro groups is 1. The molecule has 3 atom stereocenters. The maximum absolute atomic E-state index is 12.1. The Morgan fingerprint density at radius 2 is 1.96 bits per heavy atom. The van der Waals surface area contributed by atoms with Crippen molar-refractivity contribution in [3.8, 4) is 5.75 Å². The lowest BCUT2D eigenvalue weighted by Gasteiger charge is -2.38. The number of alkyl halides is 3. The standard InChI is InChI=1S/C15H13BrCl3NO5/c1-6(21)11(7(2)22)12-9-5-8(16)3-4-10(9)25-14(15(17,18)19)13(12)20(23)24/h3-5,12-14,21H,1-2H3/b11-6+/t12-,13-,14-/m1/s1. The lowest BCUT2D eigenvalue weighted by molar-refractivity contribution is -0.537. The molecule has 1 heterocycles. The number of benzene rings is 1. The molecule has 0 spiro atoms. The number of ketones is 1. The minimum Gasteiger partial charge on any atom is -0.512 e. The van der Waals surface area contributed by atoms with Gasteiger partial charge in [-0.05, 0) is 32.0 Å². The molecule has 25 heavy (non-hydrogen) atoms. The van der Waals surface area contributed by atoms with Gasteiger partial charge in [0.15, 0.2) is 5.78 Å². The Morgan fingerprint density at radius 1 is 1.36 bits per heavy atom. The summed E-state index contributed by atoms with van der Waals surface area (Å²) < 4.78 is 4.09. The van der Waals surface area contributed by atoms with Gasteiger partial charge in [-0.1, -0.05) is 50.7 Å². The number of ether oxygens (including phenoxy) is 1. The van der Waals surface area contributed by atoms with Crippen molar-refractivity contribution >= 4 is 56.5 Å². The Balaban J connectivity index is 2.82. The van der Waals surface area contributed by atoms with Gasteiger partial charge in [0.25, 0.3) is 6.04 Å². The number of Topliss-reactive ketones (excluding diaryl/α,β-unsaturated/α-hetero) is 1. The topological polar surface area (TPSA) is 89.7 Å². The zero-order chi connectivity index (χ0) is 19.1. The third-order valence-electron chi connectivity index (χ3n) is 3.86. The predicted octanol–water partition coefficient (Wildman–Crippen LogP) is 4.73. The van der Waals surface area contributed by atoms with E-state index in [-0.39, 0.29) is 17.1 Å². The van der Waals surface area contributed by atoms with Crippen LogP contribution in [0.15, 0.2) is 34.0 Å². The number of nitrogens with zero attached hydrogens (tertiary/aromatic N) is 1. The fourth-order valence-electron chi connectivity index (χ4n) is 2.95. The van der Waals surface area contributed by atoms with Crippen LogP contribution in [0.3, 0.4) is 0 Å². The molecule has 0 saturated heterocycles. The average molecular weight is 474 g/mol. The van der Waals surface area contributed by atoms with Gasteiger partial charge in [0.2, 0.25) is 9.90 Å². The zero-order valence-corrected chi connectivity index (χ0v) is 16.9. The number of carbonyl (C=O) groups is 1. The van der Waals surface area contributed by atoms with Crippen LogP contribution in [-0.4, -0.2) is 31.8 Å². The molecule has 1 N–H and O–H groups in total. The van der Waals surface area contributed by atoms with E-state index in [4.69, 9.17) is 39.5 Å². The van der Waals surface area contributed by atoms with E-state index in [0.717, 1.165) is 0 Å². The van der Waals surface area contributed by atoms with E-state index in [1.807, 2.05) is 0 Å². The van der Waals surface area contributed by atoms with Crippen molar-refractivity contribution in [3.63, 3.8) is 0 Å². The Labute approximate surface area is 167 Å². The van der Waals surface area contributed by atoms with Crippen molar-refractivity contribution in [1.82, 2.24) is 0 Å². The van der Waals surface area contributed by atoms with Crippen molar-refractivity contribution in [1.29, 1.82) is 0 Å². The lowest BCUT2D eigenvalue weighted by Crippen LogP contribution is -2.53. The minimum atomic E-state index is -2.12. The summed E-state index contributed by atoms with van der Waals surface area (Å²) in [6, 6.07) is 3.20. The Hall–Kier alpha value is -1.02. The summed E-state index contributed by atoms with van der Waals surface area (Å²) in [5.74, 6) is -1.75. The van der Waals surface area contributed by atoms with Crippen LogP contribution >= 0.6 is 50.7 Å². The second-order valence-corrected chi connectivity index (χ2v) is 8.86. The summed E-state index contributed by atoms with van der Waals surface area (Å²) in [6.45, 7) is 2.49. The van der Waals surface area contributed by atoms with E-state index in [0.29, 0.717) is 10.0 Å². The summed E-state index contributed by atoms with van der Waals surface area (Å²) in [6.07, 6.45) is -1.46. The van der Waals surface area contributed by atoms with E-state index >= 15 is 0 Å². The minimum absolute atomic E-state index is 0.122. The molecule has 0 aromatic heterocycles. The number of aliphatic hydroxyl groups excluding tert-OH is 1. The summed E-state index contributed by atoms with van der Waals surface area (Å²) in [5, 5.41) is 21.8. The van der Waals surface area contributed by atoms with Gasteiger partial charge in [0.05, 0.1) is 11.7 Å². The monoisotopic (exact) mass is 471 g/mol. The molecule has 1 aromatic carbocycles. The van der Waals surface area contributed by atoms with E-state index in [1.165, 1.54) is 13.8 Å². The van der Waals surface area contributed by atoms with Crippen LogP contribution in [0.5, 0.6) is 5.75 Å². The molecule has 1 aliphatic rings. The number of hydrogen-bond acceptors (Lipinski definition) is 5. The molecular weight excluding hydrogens is 460 g/mol. The predicted molar refractivity (Wildman–Crippen MR) is 98.4 cm³/mol. The van der Waals surface area contributed by atoms with Crippen molar-refractivity contribution < 1.29 is 19.6 Å². The van der Waals surface area contributed by atoms with E-state index in [9.17, 15) is 20.0 Å². The normalized spacial score (nSPS) is 24.0. The molecule has 136 valence electrons. The number of rotatable bonds is 3. The van der Waals surface area contributed by atoms with Crippen LogP contribution in [-0.2, 0) is 4.79 Å². The van der Waals surface area contributed by atoms with Crippen LogP contribution < -0.4 is 4.74 Å². The summed E-state index contributed by atoms with van der Waals surface area (Å²) >= 11 is 21.0. The molecular formula is C15H13BrCl3NO5. The third-order valence-corrected chi connectivity index (χ3v) is 5.00. The van der Waals surface area contributed by atoms with Crippen LogP contribution in [0.4, 0.5) is 0 Å². The van der Waals surface area contributed by atoms with Crippen molar-refractivity contribution in [2.45, 2.75) is 35.7 Å². The number of hydrogen-bond donors (Lipinski definition) is 1. The van der Waals surface area contributed by atoms with Gasteiger partial charge in [-0.15, -0.1) is 0 Å². The molecule has 0 aliphatic carbocycles. The molecule has 0 saturated carbocycles. The number of allylic oxidation sites excluding steroid dienone is 1. The summed E-state index contributed by atoms with van der Waals surface area (Å²) in [7, 11) is 0. The maximum Gasteiger partial charge on any atom is 0.264 e. The van der Waals surface area contributed by atoms with Gasteiger partial charge in [-0.25, -0.2) is 0 Å². The molecule has 0 amide bonds. The highest BCUT2D eigenvalue weighted by atomic mass is 79.9. The summed E-state index contributed by atoms with van der Waals surface area (Å²) in [5.41, 5.74) is 0.226. The van der Waals surface area contributed by atoms with Crippen LogP contribution in [0.25, 0.3) is 0 Å². The van der Waals surface area contributed by atoms with E-state index < -0.39 is 32.6 Å². The van der Waals surface area contributed by atoms with Gasteiger partial charge in [0.1, 0.15) is 5.75 Å². The van der Waals surface area contributed by atoms with Crippen molar-refractivity contribution in [3.05, 3.63) is 49.7 Å². The zero-order valence-electron chi connectivity index (χ0n) is 13.0. The SMILES string of the molecule is CC(=O)/C(=C(/C)O)[C@H]1c2cc(Br)ccc2O[C@@H](C(Cl)(Cl)Cl)[C@@H]1[N+](=O)[O-]. The number of halogens is 4. The highest BCUT2D eigenvalue weighted by molar-refractivity contribution is 9.10. The molecule has 0 unspecified atom stereocenters. The first-order chi connectivity index (χ1) is 11.4. The quantitative estimate of drug-likeness (QED) is 0.225. The lowest BCUT2D eigenvalue weighted by atomic mass is 9.78. The number of fused-ring (bicyclic) bond motifs is 1. The van der Waals surface area contributed by atoms with Crippen LogP contribution in [0.1, 0.15) is 25.3 Å². The van der Waals surface area contributed by atoms with Crippen molar-refractivity contribution in [2.75, 3.05) is 0 Å². The first-order valence-electron chi connectivity index (χ1n) is 7.02. The van der Waals surface area contributed by atoms with Gasteiger partial charge in [0, 0.05) is 20.5 Å².